The first-order valence-electron chi connectivity index (χ1n) is 18.7. The number of benzene rings is 2. The minimum Gasteiger partial charge on any atom is -0.460 e. The summed E-state index contributed by atoms with van der Waals surface area (Å²) in [5.41, 5.74) is 1.93. The van der Waals surface area contributed by atoms with Crippen LogP contribution in [0.3, 0.4) is 0 Å². The lowest BCUT2D eigenvalue weighted by Crippen LogP contribution is -2.32. The number of carbonyl (C=O) groups excluding carboxylic acids is 4. The van der Waals surface area contributed by atoms with Crippen LogP contribution in [0.25, 0.3) is 11.1 Å². The summed E-state index contributed by atoms with van der Waals surface area (Å²) in [7, 11) is 0. The molecule has 0 saturated heterocycles. The molecule has 0 N–H and O–H groups in total. The van der Waals surface area contributed by atoms with E-state index in [0.717, 1.165) is 33.4 Å². The molecule has 284 valence electrons. The lowest BCUT2D eigenvalue weighted by molar-refractivity contribution is -0.157. The van der Waals surface area contributed by atoms with Gasteiger partial charge in [0.1, 0.15) is 22.4 Å². The van der Waals surface area contributed by atoms with E-state index in [2.05, 4.69) is 24.3 Å². The van der Waals surface area contributed by atoms with E-state index in [1.807, 2.05) is 107 Å². The summed E-state index contributed by atoms with van der Waals surface area (Å²) in [6.45, 7) is 22.2. The Morgan fingerprint density at radius 2 is 0.654 bits per heavy atom. The number of hydrogen-bond donors (Lipinski definition) is 0. The summed E-state index contributed by atoms with van der Waals surface area (Å²) in [5, 5.41) is 0. The number of esters is 4. The number of rotatable bonds is 12. The first-order chi connectivity index (χ1) is 23.9. The summed E-state index contributed by atoms with van der Waals surface area (Å²) in [5.74, 6) is -1.27. The van der Waals surface area contributed by atoms with Gasteiger partial charge in [-0.25, -0.2) is 0 Å². The lowest BCUT2D eigenvalue weighted by atomic mass is 9.67. The topological polar surface area (TPSA) is 105 Å². The van der Waals surface area contributed by atoms with Crippen molar-refractivity contribution in [1.29, 1.82) is 0 Å². The molecule has 8 nitrogen and oxygen atoms in total. The summed E-state index contributed by atoms with van der Waals surface area (Å²) in [4.78, 5) is 53.6. The Bertz CT molecular complexity index is 1510. The Labute approximate surface area is 311 Å². The molecule has 0 unspecified atom stereocenters. The third-order valence-electron chi connectivity index (χ3n) is 9.33. The van der Waals surface area contributed by atoms with E-state index < -0.39 is 33.2 Å². The molecule has 2 aromatic carbocycles. The molecule has 2 aromatic rings. The molecule has 2 aliphatic rings. The smallest absolute Gasteiger partial charge is 0.306 e. The molecule has 0 bridgehead atoms. The molecule has 0 heterocycles. The molecule has 0 atom stereocenters. The maximum Gasteiger partial charge on any atom is 0.306 e. The Balaban J connectivity index is 1.95. The van der Waals surface area contributed by atoms with Crippen molar-refractivity contribution < 1.29 is 38.1 Å². The van der Waals surface area contributed by atoms with Crippen LogP contribution in [0.5, 0.6) is 0 Å². The van der Waals surface area contributed by atoms with Crippen LogP contribution in [0.1, 0.15) is 157 Å². The van der Waals surface area contributed by atoms with Crippen molar-refractivity contribution in [2.75, 3.05) is 0 Å². The van der Waals surface area contributed by atoms with Gasteiger partial charge in [-0.15, -0.1) is 0 Å². The van der Waals surface area contributed by atoms with E-state index >= 15 is 0 Å². The fraction of sp³-hybridized carbons (Fsp3) is 0.591. The fourth-order valence-electron chi connectivity index (χ4n) is 7.89. The highest BCUT2D eigenvalue weighted by atomic mass is 16.6. The average Bonchev–Trinajstić information content (AvgIpc) is 3.43. The molecule has 0 spiro atoms. The third-order valence-corrected chi connectivity index (χ3v) is 9.33. The molecular weight excluding hydrogens is 656 g/mol. The van der Waals surface area contributed by atoms with Crippen LogP contribution >= 0.6 is 0 Å². The van der Waals surface area contributed by atoms with Crippen molar-refractivity contribution in [3.63, 3.8) is 0 Å². The highest BCUT2D eigenvalue weighted by molar-refractivity contribution is 6.10. The molecule has 0 aliphatic heterocycles. The van der Waals surface area contributed by atoms with Crippen molar-refractivity contribution in [3.05, 3.63) is 70.8 Å². The first kappa shape index (κ1) is 40.8. The molecular formula is C44H60O8. The second-order valence-corrected chi connectivity index (χ2v) is 18.4. The Kier molecular flexibility index (Phi) is 11.6. The largest absolute Gasteiger partial charge is 0.460 e. The van der Waals surface area contributed by atoms with Gasteiger partial charge in [0.25, 0.3) is 0 Å². The van der Waals surface area contributed by atoms with Gasteiger partial charge in [-0.3, -0.25) is 19.2 Å². The predicted octanol–water partition coefficient (Wildman–Crippen LogP) is 9.59. The van der Waals surface area contributed by atoms with Gasteiger partial charge in [-0.2, -0.15) is 0 Å². The fourth-order valence-corrected chi connectivity index (χ4v) is 7.89. The van der Waals surface area contributed by atoms with Crippen LogP contribution in [-0.2, 0) is 49.0 Å². The summed E-state index contributed by atoms with van der Waals surface area (Å²) >= 11 is 0. The van der Waals surface area contributed by atoms with Crippen LogP contribution in [0.15, 0.2) is 48.5 Å². The number of fused-ring (bicyclic) bond motifs is 4. The minimum atomic E-state index is -0.768. The van der Waals surface area contributed by atoms with E-state index in [9.17, 15) is 19.2 Å². The van der Waals surface area contributed by atoms with Crippen molar-refractivity contribution in [3.8, 4) is 0 Å². The summed E-state index contributed by atoms with van der Waals surface area (Å²) in [6, 6.07) is 16.3. The SMILES string of the molecule is CC(C)(C)OC(=O)CCC1(CCC(=O)OC(C)(C)C)C2=C(c3ccccc31)C(CCC(=O)OC(C)(C)C)(CCC(=O)OC(C)(C)C)c1ccccc12. The maximum absolute atomic E-state index is 13.4. The van der Waals surface area contributed by atoms with Gasteiger partial charge in [-0.05, 0) is 142 Å². The predicted molar refractivity (Wildman–Crippen MR) is 203 cm³/mol. The normalized spacial score (nSPS) is 16.1. The van der Waals surface area contributed by atoms with Crippen molar-refractivity contribution in [1.82, 2.24) is 0 Å². The zero-order valence-corrected chi connectivity index (χ0v) is 33.5. The van der Waals surface area contributed by atoms with Crippen LogP contribution in [0.4, 0.5) is 0 Å². The van der Waals surface area contributed by atoms with Crippen LogP contribution in [-0.4, -0.2) is 46.3 Å². The quantitative estimate of drug-likeness (QED) is 0.158. The van der Waals surface area contributed by atoms with Gasteiger partial charge in [0.2, 0.25) is 0 Å². The van der Waals surface area contributed by atoms with Crippen molar-refractivity contribution in [2.45, 2.75) is 168 Å². The lowest BCUT2D eigenvalue weighted by Gasteiger charge is -2.36. The number of ether oxygens (including phenoxy) is 4. The third kappa shape index (κ3) is 9.73. The molecule has 2 aliphatic carbocycles. The zero-order valence-electron chi connectivity index (χ0n) is 33.5. The van der Waals surface area contributed by atoms with Crippen LogP contribution in [0.2, 0.25) is 0 Å². The van der Waals surface area contributed by atoms with E-state index in [0.29, 0.717) is 25.7 Å². The highest BCUT2D eigenvalue weighted by Gasteiger charge is 2.56. The van der Waals surface area contributed by atoms with Crippen molar-refractivity contribution >= 4 is 35.0 Å². The van der Waals surface area contributed by atoms with E-state index in [1.165, 1.54) is 0 Å². The van der Waals surface area contributed by atoms with E-state index in [1.54, 1.807) is 0 Å². The molecule has 0 amide bonds. The molecule has 4 rings (SSSR count). The van der Waals surface area contributed by atoms with E-state index in [-0.39, 0.29) is 49.6 Å². The van der Waals surface area contributed by atoms with Gasteiger partial charge in [0, 0.05) is 36.5 Å². The Morgan fingerprint density at radius 1 is 0.423 bits per heavy atom. The summed E-state index contributed by atoms with van der Waals surface area (Å²) < 4.78 is 23.2. The molecule has 8 heteroatoms. The maximum atomic E-state index is 13.4. The van der Waals surface area contributed by atoms with Gasteiger partial charge < -0.3 is 18.9 Å². The van der Waals surface area contributed by atoms with E-state index in [4.69, 9.17) is 18.9 Å². The number of carbonyl (C=O) groups is 4. The molecule has 0 aromatic heterocycles. The Hall–Kier alpha value is -3.94. The van der Waals surface area contributed by atoms with Gasteiger partial charge >= 0.3 is 23.9 Å². The summed E-state index contributed by atoms with van der Waals surface area (Å²) in [6.07, 6.45) is 2.07. The molecule has 0 fully saturated rings. The van der Waals surface area contributed by atoms with Crippen LogP contribution < -0.4 is 0 Å². The number of allylic oxidation sites excluding steroid dienone is 2. The molecule has 0 radical (unpaired) electrons. The highest BCUT2D eigenvalue weighted by Crippen LogP contribution is 2.67. The molecule has 0 saturated carbocycles. The standard InChI is InChI=1S/C44H60O8/c1-39(2,3)49-33(45)21-25-43(26-22-34(46)50-40(4,5)6)31-19-15-13-17-29(31)38-37(43)30-18-14-16-20-32(30)44(38,27-23-35(47)51-41(7,8)9)28-24-36(48)52-42(10,11)12/h13-20H,21-28H2,1-12H3. The van der Waals surface area contributed by atoms with Crippen molar-refractivity contribution in [2.24, 2.45) is 0 Å². The van der Waals surface area contributed by atoms with Gasteiger partial charge in [-0.1, -0.05) is 48.5 Å². The second-order valence-electron chi connectivity index (χ2n) is 18.4. The average molecular weight is 717 g/mol. The van der Waals surface area contributed by atoms with Gasteiger partial charge in [0.05, 0.1) is 0 Å². The van der Waals surface area contributed by atoms with Gasteiger partial charge in [0.15, 0.2) is 0 Å². The zero-order chi connectivity index (χ0) is 38.9. The Morgan fingerprint density at radius 3 is 0.885 bits per heavy atom. The van der Waals surface area contributed by atoms with Crippen LogP contribution in [0, 0.1) is 0 Å². The minimum absolute atomic E-state index is 0.127. The second kappa shape index (κ2) is 14.8. The first-order valence-corrected chi connectivity index (χ1v) is 18.7. The molecule has 52 heavy (non-hydrogen) atoms. The monoisotopic (exact) mass is 716 g/mol. The number of hydrogen-bond acceptors (Lipinski definition) is 8.